The highest BCUT2D eigenvalue weighted by Crippen LogP contribution is 2.51. The molecule has 1 aliphatic heterocycles. The molecule has 4 rings (SSSR count). The lowest BCUT2D eigenvalue weighted by Gasteiger charge is -2.38. The minimum atomic E-state index is -1.44. The quantitative estimate of drug-likeness (QED) is 0.742. The number of hydrogen-bond acceptors (Lipinski definition) is 3. The first kappa shape index (κ1) is 14.5. The Morgan fingerprint density at radius 1 is 0.783 bits per heavy atom. The molecule has 1 aliphatic rings. The number of fused-ring (bicyclic) bond motifs is 1. The molecule has 3 aromatic carbocycles. The third kappa shape index (κ3) is 2.57. The van der Waals surface area contributed by atoms with Crippen molar-refractivity contribution in [2.45, 2.75) is 16.1 Å². The average Bonchev–Trinajstić information content (AvgIpc) is 2.63. The van der Waals surface area contributed by atoms with Crippen molar-refractivity contribution in [3.8, 4) is 0 Å². The molecule has 114 valence electrons. The molecule has 2 unspecified atom stereocenters. The van der Waals surface area contributed by atoms with Crippen molar-refractivity contribution in [3.63, 3.8) is 0 Å². The van der Waals surface area contributed by atoms with Crippen LogP contribution in [0.25, 0.3) is 0 Å². The molecule has 2 atom stereocenters. The van der Waals surface area contributed by atoms with Gasteiger partial charge in [0.05, 0.1) is 0 Å². The van der Waals surface area contributed by atoms with Gasteiger partial charge in [-0.25, -0.2) is 0 Å². The van der Waals surface area contributed by atoms with Gasteiger partial charge in [0.1, 0.15) is 5.44 Å². The lowest BCUT2D eigenvalue weighted by molar-refractivity contribution is -0.196. The van der Waals surface area contributed by atoms with E-state index in [9.17, 15) is 5.11 Å². The molecule has 0 bridgehead atoms. The van der Waals surface area contributed by atoms with Crippen molar-refractivity contribution in [2.24, 2.45) is 0 Å². The van der Waals surface area contributed by atoms with Gasteiger partial charge in [-0.15, -0.1) is 0 Å². The molecule has 0 saturated heterocycles. The average molecular weight is 320 g/mol. The number of thioether (sulfide) groups is 1. The van der Waals surface area contributed by atoms with Crippen LogP contribution >= 0.6 is 11.8 Å². The third-order valence-corrected chi connectivity index (χ3v) is 5.19. The fourth-order valence-electron chi connectivity index (χ4n) is 2.84. The highest BCUT2D eigenvalue weighted by Gasteiger charge is 2.42. The predicted octanol–water partition coefficient (Wildman–Crippen LogP) is 4.70. The van der Waals surface area contributed by atoms with E-state index >= 15 is 0 Å². The van der Waals surface area contributed by atoms with Crippen molar-refractivity contribution >= 4 is 11.8 Å². The highest BCUT2D eigenvalue weighted by atomic mass is 32.2. The SMILES string of the molecule is OC1(c2ccccc2)OC(c2ccccc2)Sc2ccccc21. The van der Waals surface area contributed by atoms with E-state index in [0.717, 1.165) is 21.6 Å². The number of ether oxygens (including phenoxy) is 1. The highest BCUT2D eigenvalue weighted by molar-refractivity contribution is 7.99. The Balaban J connectivity index is 1.85. The number of aliphatic hydroxyl groups is 1. The molecule has 0 aliphatic carbocycles. The van der Waals surface area contributed by atoms with Crippen LogP contribution in [-0.4, -0.2) is 5.11 Å². The Bertz CT molecular complexity index is 804. The first-order chi connectivity index (χ1) is 11.3. The van der Waals surface area contributed by atoms with Crippen molar-refractivity contribution in [1.29, 1.82) is 0 Å². The molecule has 1 heterocycles. The monoisotopic (exact) mass is 320 g/mol. The molecular formula is C20H16O2S. The first-order valence-corrected chi connectivity index (χ1v) is 8.42. The molecule has 0 radical (unpaired) electrons. The lowest BCUT2D eigenvalue weighted by atomic mass is 9.97. The van der Waals surface area contributed by atoms with Crippen LogP contribution in [0.15, 0.2) is 89.8 Å². The second-order valence-corrected chi connectivity index (χ2v) is 6.59. The van der Waals surface area contributed by atoms with E-state index in [0.29, 0.717) is 0 Å². The molecule has 2 nitrogen and oxygen atoms in total. The van der Waals surface area contributed by atoms with Gasteiger partial charge in [0.2, 0.25) is 5.79 Å². The zero-order valence-corrected chi connectivity index (χ0v) is 13.2. The maximum absolute atomic E-state index is 11.4. The van der Waals surface area contributed by atoms with Gasteiger partial charge in [0.25, 0.3) is 0 Å². The normalized spacial score (nSPS) is 23.3. The Labute approximate surface area is 139 Å². The van der Waals surface area contributed by atoms with Crippen molar-refractivity contribution in [2.75, 3.05) is 0 Å². The van der Waals surface area contributed by atoms with Crippen LogP contribution < -0.4 is 0 Å². The topological polar surface area (TPSA) is 29.5 Å². The molecule has 1 N–H and O–H groups in total. The summed E-state index contributed by atoms with van der Waals surface area (Å²) in [5, 5.41) is 11.4. The third-order valence-electron chi connectivity index (χ3n) is 4.00. The van der Waals surface area contributed by atoms with Crippen molar-refractivity contribution in [1.82, 2.24) is 0 Å². The van der Waals surface area contributed by atoms with E-state index in [4.69, 9.17) is 4.74 Å². The Morgan fingerprint density at radius 2 is 1.39 bits per heavy atom. The van der Waals surface area contributed by atoms with Gasteiger partial charge >= 0.3 is 0 Å². The van der Waals surface area contributed by atoms with Gasteiger partial charge in [0, 0.05) is 16.0 Å². The fraction of sp³-hybridized carbons (Fsp3) is 0.100. The van der Waals surface area contributed by atoms with Crippen LogP contribution in [0.3, 0.4) is 0 Å². The van der Waals surface area contributed by atoms with Crippen LogP contribution in [0.5, 0.6) is 0 Å². The fourth-order valence-corrected chi connectivity index (χ4v) is 4.04. The van der Waals surface area contributed by atoms with Crippen molar-refractivity contribution < 1.29 is 9.84 Å². The molecule has 0 amide bonds. The number of hydrogen-bond donors (Lipinski definition) is 1. The Hall–Kier alpha value is -2.07. The summed E-state index contributed by atoms with van der Waals surface area (Å²) in [6, 6.07) is 27.4. The molecule has 0 fully saturated rings. The van der Waals surface area contributed by atoms with Crippen molar-refractivity contribution in [3.05, 3.63) is 102 Å². The summed E-state index contributed by atoms with van der Waals surface area (Å²) in [6.45, 7) is 0. The first-order valence-electron chi connectivity index (χ1n) is 7.54. The van der Waals surface area contributed by atoms with E-state index in [-0.39, 0.29) is 5.44 Å². The summed E-state index contributed by atoms with van der Waals surface area (Å²) in [5.41, 5.74) is 2.33. The van der Waals surface area contributed by atoms with E-state index in [1.165, 1.54) is 0 Å². The van der Waals surface area contributed by atoms with Gasteiger partial charge in [-0.1, -0.05) is 90.6 Å². The summed E-state index contributed by atoms with van der Waals surface area (Å²) < 4.78 is 6.19. The van der Waals surface area contributed by atoms with Gasteiger partial charge < -0.3 is 9.84 Å². The van der Waals surface area contributed by atoms with E-state index in [2.05, 4.69) is 0 Å². The van der Waals surface area contributed by atoms with Crippen LogP contribution in [0, 0.1) is 0 Å². The summed E-state index contributed by atoms with van der Waals surface area (Å²) >= 11 is 1.62. The van der Waals surface area contributed by atoms with E-state index in [1.807, 2.05) is 84.9 Å². The number of benzene rings is 3. The lowest BCUT2D eigenvalue weighted by Crippen LogP contribution is -2.35. The van der Waals surface area contributed by atoms with Gasteiger partial charge in [-0.05, 0) is 11.6 Å². The maximum Gasteiger partial charge on any atom is 0.222 e. The number of rotatable bonds is 2. The zero-order chi connectivity index (χ0) is 15.7. The van der Waals surface area contributed by atoms with E-state index < -0.39 is 5.79 Å². The van der Waals surface area contributed by atoms with Crippen LogP contribution in [0.4, 0.5) is 0 Å². The summed E-state index contributed by atoms with van der Waals surface area (Å²) in [6.07, 6.45) is 0. The molecule has 0 saturated carbocycles. The standard InChI is InChI=1S/C20H16O2S/c21-20(16-11-5-2-6-12-16)17-13-7-8-14-18(17)23-19(22-20)15-9-3-1-4-10-15/h1-14,19,21H. The molecule has 0 aromatic heterocycles. The zero-order valence-electron chi connectivity index (χ0n) is 12.4. The van der Waals surface area contributed by atoms with Crippen LogP contribution in [-0.2, 0) is 10.5 Å². The second-order valence-electron chi connectivity index (χ2n) is 5.48. The minimum absolute atomic E-state index is 0.253. The largest absolute Gasteiger partial charge is 0.358 e. The molecule has 3 heteroatoms. The van der Waals surface area contributed by atoms with E-state index in [1.54, 1.807) is 11.8 Å². The minimum Gasteiger partial charge on any atom is -0.358 e. The molecule has 3 aromatic rings. The summed E-state index contributed by atoms with van der Waals surface area (Å²) in [5.74, 6) is -1.44. The Kier molecular flexibility index (Phi) is 3.69. The smallest absolute Gasteiger partial charge is 0.222 e. The molecular weight excluding hydrogens is 304 g/mol. The molecule has 0 spiro atoms. The molecule has 23 heavy (non-hydrogen) atoms. The van der Waals surface area contributed by atoms with Gasteiger partial charge in [-0.3, -0.25) is 0 Å². The predicted molar refractivity (Wildman–Crippen MR) is 92.0 cm³/mol. The maximum atomic E-state index is 11.4. The summed E-state index contributed by atoms with van der Waals surface area (Å²) in [4.78, 5) is 1.04. The summed E-state index contributed by atoms with van der Waals surface area (Å²) in [7, 11) is 0. The van der Waals surface area contributed by atoms with Gasteiger partial charge in [-0.2, -0.15) is 0 Å². The second kappa shape index (κ2) is 5.85. The van der Waals surface area contributed by atoms with Crippen LogP contribution in [0.2, 0.25) is 0 Å². The van der Waals surface area contributed by atoms with Crippen LogP contribution in [0.1, 0.15) is 22.1 Å². The van der Waals surface area contributed by atoms with Gasteiger partial charge in [0.15, 0.2) is 0 Å². The Morgan fingerprint density at radius 3 is 2.13 bits per heavy atom.